The van der Waals surface area contributed by atoms with Crippen LogP contribution in [0.5, 0.6) is 0 Å². The van der Waals surface area contributed by atoms with Crippen molar-refractivity contribution in [1.29, 1.82) is 0 Å². The third-order valence-corrected chi connectivity index (χ3v) is 2.99. The highest BCUT2D eigenvalue weighted by Crippen LogP contribution is 2.39. The van der Waals surface area contributed by atoms with E-state index in [9.17, 15) is 0 Å². The van der Waals surface area contributed by atoms with E-state index in [2.05, 4.69) is 25.1 Å². The Balaban J connectivity index is 2.64. The SMILES string of the molecule is Cc1cccc2c1SC2. The van der Waals surface area contributed by atoms with Crippen molar-refractivity contribution in [3.63, 3.8) is 0 Å². The molecule has 2 rings (SSSR count). The van der Waals surface area contributed by atoms with Crippen molar-refractivity contribution < 1.29 is 0 Å². The fourth-order valence-corrected chi connectivity index (χ4v) is 2.02. The molecule has 1 aromatic rings. The molecule has 0 spiro atoms. The summed E-state index contributed by atoms with van der Waals surface area (Å²) in [5, 5.41) is 0. The zero-order chi connectivity index (χ0) is 6.27. The molecule has 1 heteroatoms. The van der Waals surface area contributed by atoms with Crippen molar-refractivity contribution in [2.75, 3.05) is 0 Å². The Morgan fingerprint density at radius 3 is 2.78 bits per heavy atom. The number of rotatable bonds is 0. The largest absolute Gasteiger partial charge is 0.121 e. The zero-order valence-electron chi connectivity index (χ0n) is 5.35. The number of hydrogen-bond donors (Lipinski definition) is 0. The van der Waals surface area contributed by atoms with Gasteiger partial charge in [-0.2, -0.15) is 0 Å². The molecule has 1 heterocycles. The van der Waals surface area contributed by atoms with Gasteiger partial charge in [0.15, 0.2) is 0 Å². The minimum absolute atomic E-state index is 1.22. The molecule has 1 aliphatic heterocycles. The summed E-state index contributed by atoms with van der Waals surface area (Å²) in [6.45, 7) is 2.17. The highest BCUT2D eigenvalue weighted by molar-refractivity contribution is 8.00. The van der Waals surface area contributed by atoms with E-state index in [-0.39, 0.29) is 0 Å². The summed E-state index contributed by atoms with van der Waals surface area (Å²) in [6.07, 6.45) is 0. The second-order valence-corrected chi connectivity index (χ2v) is 3.34. The van der Waals surface area contributed by atoms with Gasteiger partial charge in [0.1, 0.15) is 0 Å². The summed E-state index contributed by atoms with van der Waals surface area (Å²) in [7, 11) is 0. The van der Waals surface area contributed by atoms with Gasteiger partial charge in [0.2, 0.25) is 0 Å². The number of hydrogen-bond acceptors (Lipinski definition) is 1. The van der Waals surface area contributed by atoms with Gasteiger partial charge in [-0.25, -0.2) is 0 Å². The normalized spacial score (nSPS) is 14.3. The number of thioether (sulfide) groups is 1. The van der Waals surface area contributed by atoms with Crippen LogP contribution >= 0.6 is 11.8 Å². The molecule has 0 atom stereocenters. The lowest BCUT2D eigenvalue weighted by molar-refractivity contribution is 1.14. The van der Waals surface area contributed by atoms with Gasteiger partial charge >= 0.3 is 0 Å². The van der Waals surface area contributed by atoms with Crippen LogP contribution in [-0.2, 0) is 5.75 Å². The second-order valence-electron chi connectivity index (χ2n) is 2.35. The van der Waals surface area contributed by atoms with Crippen molar-refractivity contribution in [1.82, 2.24) is 0 Å². The van der Waals surface area contributed by atoms with E-state index in [0.717, 1.165) is 0 Å². The average Bonchev–Trinajstić information content (AvgIpc) is 1.74. The van der Waals surface area contributed by atoms with Crippen molar-refractivity contribution >= 4 is 11.8 Å². The molecule has 0 radical (unpaired) electrons. The van der Waals surface area contributed by atoms with Crippen molar-refractivity contribution in [2.45, 2.75) is 17.6 Å². The van der Waals surface area contributed by atoms with Crippen LogP contribution < -0.4 is 0 Å². The first-order valence-corrected chi connectivity index (χ1v) is 4.08. The maximum atomic E-state index is 2.21. The van der Waals surface area contributed by atoms with Crippen LogP contribution in [0.4, 0.5) is 0 Å². The van der Waals surface area contributed by atoms with Gasteiger partial charge in [-0.3, -0.25) is 0 Å². The average molecular weight is 136 g/mol. The highest BCUT2D eigenvalue weighted by Gasteiger charge is 2.13. The maximum absolute atomic E-state index is 2.21. The van der Waals surface area contributed by atoms with Crippen LogP contribution in [0, 0.1) is 6.92 Å². The van der Waals surface area contributed by atoms with Crippen molar-refractivity contribution in [3.05, 3.63) is 29.3 Å². The quantitative estimate of drug-likeness (QED) is 0.528. The summed E-state index contributed by atoms with van der Waals surface area (Å²) in [6, 6.07) is 6.51. The van der Waals surface area contributed by atoms with Gasteiger partial charge < -0.3 is 0 Å². The zero-order valence-corrected chi connectivity index (χ0v) is 6.16. The van der Waals surface area contributed by atoms with Crippen LogP contribution in [-0.4, -0.2) is 0 Å². The van der Waals surface area contributed by atoms with Crippen LogP contribution in [0.2, 0.25) is 0 Å². The predicted molar refractivity (Wildman–Crippen MR) is 40.7 cm³/mol. The molecule has 0 amide bonds. The first-order chi connectivity index (χ1) is 4.38. The number of aryl methyl sites for hydroxylation is 1. The third-order valence-electron chi connectivity index (χ3n) is 1.67. The molecule has 0 unspecified atom stereocenters. The van der Waals surface area contributed by atoms with Gasteiger partial charge in [-0.05, 0) is 18.1 Å². The van der Waals surface area contributed by atoms with E-state index in [4.69, 9.17) is 0 Å². The molecule has 0 aromatic heterocycles. The van der Waals surface area contributed by atoms with Crippen molar-refractivity contribution in [2.24, 2.45) is 0 Å². The maximum Gasteiger partial charge on any atom is 0.0243 e. The second kappa shape index (κ2) is 1.77. The van der Waals surface area contributed by atoms with E-state index < -0.39 is 0 Å². The van der Waals surface area contributed by atoms with Gasteiger partial charge in [-0.1, -0.05) is 18.2 Å². The summed E-state index contributed by atoms with van der Waals surface area (Å²) < 4.78 is 0. The minimum atomic E-state index is 1.22. The first kappa shape index (κ1) is 5.36. The van der Waals surface area contributed by atoms with Gasteiger partial charge in [0.05, 0.1) is 0 Å². The molecule has 1 aliphatic rings. The summed E-state index contributed by atoms with van der Waals surface area (Å²) >= 11 is 1.96. The smallest absolute Gasteiger partial charge is 0.0243 e. The standard InChI is InChI=1S/C8H8S/c1-6-3-2-4-7-5-9-8(6)7/h2-4H,5H2,1H3. The van der Waals surface area contributed by atoms with E-state index in [0.29, 0.717) is 0 Å². The molecule has 0 aliphatic carbocycles. The van der Waals surface area contributed by atoms with E-state index in [1.54, 1.807) is 0 Å². The van der Waals surface area contributed by atoms with E-state index in [1.807, 2.05) is 11.8 Å². The predicted octanol–water partition coefficient (Wildman–Crippen LogP) is 2.60. The Bertz CT molecular complexity index is 226. The summed E-state index contributed by atoms with van der Waals surface area (Å²) in [4.78, 5) is 1.51. The van der Waals surface area contributed by atoms with Crippen LogP contribution in [0.1, 0.15) is 11.1 Å². The molecule has 46 valence electrons. The van der Waals surface area contributed by atoms with Gasteiger partial charge in [0.25, 0.3) is 0 Å². The lowest BCUT2D eigenvalue weighted by Gasteiger charge is -2.19. The number of fused-ring (bicyclic) bond motifs is 1. The van der Waals surface area contributed by atoms with E-state index >= 15 is 0 Å². The molecule has 1 aromatic carbocycles. The topological polar surface area (TPSA) is 0 Å². The Morgan fingerprint density at radius 2 is 2.33 bits per heavy atom. The lowest BCUT2D eigenvalue weighted by atomic mass is 10.1. The Kier molecular flexibility index (Phi) is 1.06. The molecule has 0 saturated carbocycles. The fourth-order valence-electron chi connectivity index (χ4n) is 1.10. The Hall–Kier alpha value is -0.430. The third kappa shape index (κ3) is 0.681. The molecule has 0 N–H and O–H groups in total. The molecule has 0 nitrogen and oxygen atoms in total. The first-order valence-electron chi connectivity index (χ1n) is 3.09. The van der Waals surface area contributed by atoms with Crippen LogP contribution in [0.3, 0.4) is 0 Å². The highest BCUT2D eigenvalue weighted by atomic mass is 32.2. The molecule has 9 heavy (non-hydrogen) atoms. The van der Waals surface area contributed by atoms with Gasteiger partial charge in [-0.15, -0.1) is 11.8 Å². The summed E-state index contributed by atoms with van der Waals surface area (Å²) in [5.74, 6) is 1.22. The summed E-state index contributed by atoms with van der Waals surface area (Å²) in [5.41, 5.74) is 2.96. The lowest BCUT2D eigenvalue weighted by Crippen LogP contribution is -1.97. The molecular weight excluding hydrogens is 128 g/mol. The Labute approximate surface area is 59.3 Å². The minimum Gasteiger partial charge on any atom is -0.121 e. The van der Waals surface area contributed by atoms with Crippen molar-refractivity contribution in [3.8, 4) is 0 Å². The number of benzene rings is 1. The monoisotopic (exact) mass is 136 g/mol. The molecule has 0 bridgehead atoms. The van der Waals surface area contributed by atoms with Crippen LogP contribution in [0.25, 0.3) is 0 Å². The van der Waals surface area contributed by atoms with E-state index in [1.165, 1.54) is 21.8 Å². The van der Waals surface area contributed by atoms with Crippen LogP contribution in [0.15, 0.2) is 23.1 Å². The Morgan fingerprint density at radius 1 is 1.44 bits per heavy atom. The molecule has 0 saturated heterocycles. The fraction of sp³-hybridized carbons (Fsp3) is 0.250. The van der Waals surface area contributed by atoms with Gasteiger partial charge in [0, 0.05) is 10.6 Å². The molecule has 0 fully saturated rings. The molecular formula is C8H8S.